The number of nitrogens with two attached hydrogens (primary N) is 1. The molecule has 3 heterocycles. The van der Waals surface area contributed by atoms with Crippen LogP contribution in [0.1, 0.15) is 27.7 Å². The Morgan fingerprint density at radius 2 is 1.69 bits per heavy atom. The van der Waals surface area contributed by atoms with Crippen LogP contribution < -0.4 is 5.73 Å². The molecule has 29 heavy (non-hydrogen) atoms. The van der Waals surface area contributed by atoms with E-state index in [0.29, 0.717) is 10.7 Å². The molecule has 0 fully saturated rings. The van der Waals surface area contributed by atoms with Crippen molar-refractivity contribution in [3.8, 4) is 29.5 Å². The standard InChI is InChI=1S/C21H11N7S/c22-9-12-18(16-6-3-4-8-26-16)13(10-23)20(25)28-19(12)14(11-24)21-27-15-5-1-2-7-17(15)29-21/h1-8,14H,(H2,25,28). The summed E-state index contributed by atoms with van der Waals surface area (Å²) in [5.74, 6) is -0.955. The lowest BCUT2D eigenvalue weighted by Gasteiger charge is -2.14. The zero-order valence-electron chi connectivity index (χ0n) is 14.9. The Labute approximate surface area is 170 Å². The van der Waals surface area contributed by atoms with E-state index in [9.17, 15) is 15.8 Å². The van der Waals surface area contributed by atoms with Crippen LogP contribution in [-0.4, -0.2) is 15.0 Å². The molecule has 136 valence electrons. The maximum atomic E-state index is 9.91. The minimum atomic E-state index is -0.903. The van der Waals surface area contributed by atoms with E-state index in [4.69, 9.17) is 5.73 Å². The summed E-state index contributed by atoms with van der Waals surface area (Å²) in [6, 6.07) is 19.0. The lowest BCUT2D eigenvalue weighted by atomic mass is 9.93. The van der Waals surface area contributed by atoms with Crippen molar-refractivity contribution >= 4 is 27.4 Å². The molecule has 0 aliphatic carbocycles. The van der Waals surface area contributed by atoms with E-state index >= 15 is 0 Å². The first-order chi connectivity index (χ1) is 14.2. The monoisotopic (exact) mass is 393 g/mol. The number of hydrogen-bond acceptors (Lipinski definition) is 8. The Bertz CT molecular complexity index is 1320. The smallest absolute Gasteiger partial charge is 0.142 e. The van der Waals surface area contributed by atoms with Crippen LogP contribution in [0.3, 0.4) is 0 Å². The van der Waals surface area contributed by atoms with Gasteiger partial charge >= 0.3 is 0 Å². The number of nitriles is 3. The predicted molar refractivity (Wildman–Crippen MR) is 108 cm³/mol. The van der Waals surface area contributed by atoms with Crippen molar-refractivity contribution in [2.24, 2.45) is 0 Å². The van der Waals surface area contributed by atoms with Crippen molar-refractivity contribution in [2.45, 2.75) is 5.92 Å². The molecule has 0 radical (unpaired) electrons. The van der Waals surface area contributed by atoms with E-state index in [1.54, 1.807) is 24.4 Å². The molecule has 7 nitrogen and oxygen atoms in total. The minimum Gasteiger partial charge on any atom is -0.383 e. The quantitative estimate of drug-likeness (QED) is 0.560. The number of rotatable bonds is 3. The van der Waals surface area contributed by atoms with Crippen LogP contribution in [0.2, 0.25) is 0 Å². The summed E-state index contributed by atoms with van der Waals surface area (Å²) >= 11 is 1.36. The van der Waals surface area contributed by atoms with Gasteiger partial charge in [0.25, 0.3) is 0 Å². The number of para-hydroxylation sites is 1. The average Bonchev–Trinajstić information content (AvgIpc) is 3.18. The highest BCUT2D eigenvalue weighted by Gasteiger charge is 2.28. The first-order valence-electron chi connectivity index (χ1n) is 8.48. The van der Waals surface area contributed by atoms with Gasteiger partial charge in [-0.1, -0.05) is 18.2 Å². The molecular weight excluding hydrogens is 382 g/mol. The second-order valence-corrected chi connectivity index (χ2v) is 7.09. The molecular formula is C21H11N7S. The van der Waals surface area contributed by atoms with Gasteiger partial charge in [-0.25, -0.2) is 9.97 Å². The summed E-state index contributed by atoms with van der Waals surface area (Å²) in [7, 11) is 0. The SMILES string of the molecule is N#Cc1c(N)nc(C(C#N)c2nc3ccccc3s2)c(C#N)c1-c1ccccn1. The van der Waals surface area contributed by atoms with Crippen LogP contribution in [0.15, 0.2) is 48.7 Å². The number of thiazole rings is 1. The first-order valence-corrected chi connectivity index (χ1v) is 9.29. The van der Waals surface area contributed by atoms with Crippen molar-refractivity contribution in [3.05, 3.63) is 70.5 Å². The van der Waals surface area contributed by atoms with Gasteiger partial charge in [0.2, 0.25) is 0 Å². The second-order valence-electron chi connectivity index (χ2n) is 6.03. The van der Waals surface area contributed by atoms with Crippen LogP contribution in [0.25, 0.3) is 21.5 Å². The minimum absolute atomic E-state index is 0.0523. The molecule has 1 unspecified atom stereocenters. The third kappa shape index (κ3) is 3.02. The third-order valence-corrected chi connectivity index (χ3v) is 5.46. The third-order valence-electron chi connectivity index (χ3n) is 4.36. The summed E-state index contributed by atoms with van der Waals surface area (Å²) in [6.45, 7) is 0. The van der Waals surface area contributed by atoms with Gasteiger partial charge in [-0.2, -0.15) is 15.8 Å². The molecule has 0 spiro atoms. The van der Waals surface area contributed by atoms with Crippen LogP contribution in [0.5, 0.6) is 0 Å². The molecule has 0 amide bonds. The van der Waals surface area contributed by atoms with Crippen molar-refractivity contribution in [2.75, 3.05) is 5.73 Å². The predicted octanol–water partition coefficient (Wildman–Crippen LogP) is 3.73. The highest BCUT2D eigenvalue weighted by atomic mass is 32.1. The Balaban J connectivity index is 2.01. The molecule has 0 saturated heterocycles. The van der Waals surface area contributed by atoms with E-state index in [-0.39, 0.29) is 28.2 Å². The highest BCUT2D eigenvalue weighted by molar-refractivity contribution is 7.18. The Morgan fingerprint density at radius 3 is 2.34 bits per heavy atom. The zero-order chi connectivity index (χ0) is 20.4. The van der Waals surface area contributed by atoms with E-state index in [1.807, 2.05) is 30.3 Å². The number of benzene rings is 1. The van der Waals surface area contributed by atoms with Crippen LogP contribution in [-0.2, 0) is 0 Å². The highest BCUT2D eigenvalue weighted by Crippen LogP contribution is 2.37. The Morgan fingerprint density at radius 1 is 0.931 bits per heavy atom. The van der Waals surface area contributed by atoms with Gasteiger partial charge in [-0.05, 0) is 24.3 Å². The Hall–Kier alpha value is -4.32. The summed E-state index contributed by atoms with van der Waals surface area (Å²) in [4.78, 5) is 13.1. The fourth-order valence-corrected chi connectivity index (χ4v) is 4.09. The molecule has 0 saturated carbocycles. The van der Waals surface area contributed by atoms with E-state index in [1.165, 1.54) is 11.3 Å². The van der Waals surface area contributed by atoms with Gasteiger partial charge in [0, 0.05) is 11.8 Å². The molecule has 8 heteroatoms. The van der Waals surface area contributed by atoms with Gasteiger partial charge in [-0.15, -0.1) is 11.3 Å². The molecule has 0 aliphatic rings. The van der Waals surface area contributed by atoms with Crippen LogP contribution >= 0.6 is 11.3 Å². The normalized spacial score (nSPS) is 11.3. The summed E-state index contributed by atoms with van der Waals surface area (Å²) in [5, 5.41) is 29.9. The maximum absolute atomic E-state index is 9.91. The number of aromatic nitrogens is 3. The molecule has 3 aromatic heterocycles. The van der Waals surface area contributed by atoms with Gasteiger partial charge < -0.3 is 5.73 Å². The summed E-state index contributed by atoms with van der Waals surface area (Å²) in [6.07, 6.45) is 1.56. The van der Waals surface area contributed by atoms with Crippen LogP contribution in [0.4, 0.5) is 5.82 Å². The largest absolute Gasteiger partial charge is 0.383 e. The van der Waals surface area contributed by atoms with Gasteiger partial charge in [0.15, 0.2) is 0 Å². The molecule has 4 rings (SSSR count). The van der Waals surface area contributed by atoms with E-state index in [0.717, 1.165) is 10.2 Å². The second kappa shape index (κ2) is 7.36. The lowest BCUT2D eigenvalue weighted by molar-refractivity contribution is 0.949. The Kier molecular flexibility index (Phi) is 4.58. The molecule has 1 aromatic carbocycles. The van der Waals surface area contributed by atoms with E-state index in [2.05, 4.69) is 27.1 Å². The number of nitrogens with zero attached hydrogens (tertiary/aromatic N) is 6. The zero-order valence-corrected chi connectivity index (χ0v) is 15.7. The van der Waals surface area contributed by atoms with Crippen LogP contribution in [0, 0.1) is 34.0 Å². The van der Waals surface area contributed by atoms with Crippen molar-refractivity contribution in [3.63, 3.8) is 0 Å². The summed E-state index contributed by atoms with van der Waals surface area (Å²) in [5.41, 5.74) is 7.83. The van der Waals surface area contributed by atoms with Crippen molar-refractivity contribution < 1.29 is 0 Å². The number of hydrogen-bond donors (Lipinski definition) is 1. The first kappa shape index (κ1) is 18.1. The summed E-state index contributed by atoms with van der Waals surface area (Å²) < 4.78 is 0.924. The number of anilines is 1. The van der Waals surface area contributed by atoms with Gasteiger partial charge in [0.05, 0.1) is 33.2 Å². The van der Waals surface area contributed by atoms with Crippen molar-refractivity contribution in [1.82, 2.24) is 15.0 Å². The fourth-order valence-electron chi connectivity index (χ4n) is 3.07. The molecule has 0 bridgehead atoms. The van der Waals surface area contributed by atoms with Gasteiger partial charge in [-0.3, -0.25) is 4.98 Å². The average molecular weight is 393 g/mol. The number of pyridine rings is 2. The number of nitrogen functional groups attached to an aromatic ring is 1. The molecule has 0 aliphatic heterocycles. The topological polar surface area (TPSA) is 136 Å². The fraction of sp³-hybridized carbons (Fsp3) is 0.0476. The van der Waals surface area contributed by atoms with E-state index < -0.39 is 5.92 Å². The molecule has 1 atom stereocenters. The number of fused-ring (bicyclic) bond motifs is 1. The molecule has 2 N–H and O–H groups in total. The van der Waals surface area contributed by atoms with Gasteiger partial charge in [0.1, 0.15) is 34.4 Å². The lowest BCUT2D eigenvalue weighted by Crippen LogP contribution is -2.10. The van der Waals surface area contributed by atoms with Crippen molar-refractivity contribution in [1.29, 1.82) is 15.8 Å². The maximum Gasteiger partial charge on any atom is 0.142 e. The molecule has 4 aromatic rings.